The van der Waals surface area contributed by atoms with Crippen LogP contribution in [0, 0.1) is 28.1 Å². The second-order valence-corrected chi connectivity index (χ2v) is 14.7. The van der Waals surface area contributed by atoms with E-state index in [1.165, 1.54) is 116 Å². The molecular weight excluding hydrogens is 487 g/mol. The van der Waals surface area contributed by atoms with Crippen molar-refractivity contribution in [1.82, 2.24) is 0 Å². The summed E-state index contributed by atoms with van der Waals surface area (Å²) < 4.78 is 12.0. The van der Waals surface area contributed by atoms with Gasteiger partial charge in [0.05, 0.1) is 12.2 Å². The van der Waals surface area contributed by atoms with Gasteiger partial charge < -0.3 is 9.47 Å². The summed E-state index contributed by atoms with van der Waals surface area (Å²) in [7, 11) is 0. The van der Waals surface area contributed by atoms with Crippen molar-refractivity contribution in [3.05, 3.63) is 0 Å². The van der Waals surface area contributed by atoms with Crippen LogP contribution in [0.25, 0.3) is 0 Å². The fourth-order valence-electron chi connectivity index (χ4n) is 11.0. The van der Waals surface area contributed by atoms with Crippen molar-refractivity contribution in [2.75, 3.05) is 13.2 Å². The lowest BCUT2D eigenvalue weighted by molar-refractivity contribution is -0.323. The third kappa shape index (κ3) is 4.16. The molecular formula is C32H54Cl2O2. The van der Waals surface area contributed by atoms with Crippen molar-refractivity contribution < 1.29 is 9.47 Å². The van der Waals surface area contributed by atoms with Gasteiger partial charge in [0.2, 0.25) is 0 Å². The lowest BCUT2D eigenvalue weighted by atomic mass is 9.24. The molecule has 2 nitrogen and oxygen atoms in total. The molecule has 0 bridgehead atoms. The maximum Gasteiger partial charge on any atom is 0.130 e. The second kappa shape index (κ2) is 11.5. The molecule has 36 heavy (non-hydrogen) atoms. The maximum absolute atomic E-state index is 7.81. The summed E-state index contributed by atoms with van der Waals surface area (Å²) in [6.07, 6.45) is 26.5. The lowest BCUT2D eigenvalue weighted by Crippen LogP contribution is -2.83. The summed E-state index contributed by atoms with van der Waals surface area (Å²) in [6.45, 7) is 6.30. The highest BCUT2D eigenvalue weighted by Gasteiger charge is 2.87. The van der Waals surface area contributed by atoms with Crippen LogP contribution >= 0.6 is 23.2 Å². The van der Waals surface area contributed by atoms with Crippen molar-refractivity contribution in [3.8, 4) is 0 Å². The molecule has 0 radical (unpaired) electrons. The van der Waals surface area contributed by atoms with E-state index in [1.54, 1.807) is 0 Å². The predicted octanol–water partition coefficient (Wildman–Crippen LogP) is 10.0. The minimum atomic E-state index is -0.550. The average molecular weight is 542 g/mol. The molecule has 5 aliphatic carbocycles. The fourth-order valence-corrected chi connectivity index (χ4v) is 12.4. The van der Waals surface area contributed by atoms with E-state index in [2.05, 4.69) is 13.8 Å². The zero-order chi connectivity index (χ0) is 25.3. The molecule has 208 valence electrons. The Bertz CT molecular complexity index is 635. The van der Waals surface area contributed by atoms with Crippen molar-refractivity contribution in [1.29, 1.82) is 0 Å². The molecule has 0 aromatic heterocycles. The summed E-state index contributed by atoms with van der Waals surface area (Å²) in [4.78, 5) is 0. The van der Waals surface area contributed by atoms with E-state index >= 15 is 0 Å². The van der Waals surface area contributed by atoms with Gasteiger partial charge in [-0.25, -0.2) is 0 Å². The van der Waals surface area contributed by atoms with Gasteiger partial charge in [0.1, 0.15) is 4.33 Å². The summed E-state index contributed by atoms with van der Waals surface area (Å²) in [5, 5.41) is 0. The molecule has 5 fully saturated rings. The first-order valence-corrected chi connectivity index (χ1v) is 16.9. The van der Waals surface area contributed by atoms with Crippen LogP contribution in [-0.4, -0.2) is 29.8 Å². The Morgan fingerprint density at radius 1 is 0.556 bits per heavy atom. The van der Waals surface area contributed by atoms with Crippen LogP contribution in [-0.2, 0) is 9.47 Å². The number of halogens is 2. The van der Waals surface area contributed by atoms with E-state index in [4.69, 9.17) is 32.7 Å². The maximum atomic E-state index is 7.81. The summed E-state index contributed by atoms with van der Waals surface area (Å²) in [6, 6.07) is 0. The molecule has 0 amide bonds. The normalized spacial score (nSPS) is 37.0. The van der Waals surface area contributed by atoms with E-state index in [0.29, 0.717) is 17.6 Å². The number of alkyl halides is 2. The fraction of sp³-hybridized carbons (Fsp3) is 1.00. The molecule has 0 aromatic carbocycles. The van der Waals surface area contributed by atoms with E-state index in [-0.39, 0.29) is 10.8 Å². The van der Waals surface area contributed by atoms with E-state index < -0.39 is 4.33 Å². The topological polar surface area (TPSA) is 18.5 Å². The van der Waals surface area contributed by atoms with E-state index in [9.17, 15) is 0 Å². The number of hydrogen-bond acceptors (Lipinski definition) is 2. The summed E-state index contributed by atoms with van der Waals surface area (Å²) in [5.41, 5.74) is 0.542. The molecule has 0 unspecified atom stereocenters. The molecule has 0 aliphatic heterocycles. The Morgan fingerprint density at radius 2 is 0.917 bits per heavy atom. The van der Waals surface area contributed by atoms with Crippen molar-refractivity contribution in [2.24, 2.45) is 28.1 Å². The molecule has 0 aromatic rings. The minimum absolute atomic E-state index is 0.113. The first-order valence-electron chi connectivity index (χ1n) is 16.1. The van der Waals surface area contributed by atoms with Crippen LogP contribution in [0.3, 0.4) is 0 Å². The van der Waals surface area contributed by atoms with Gasteiger partial charge in [0.15, 0.2) is 0 Å². The summed E-state index contributed by atoms with van der Waals surface area (Å²) in [5.74, 6) is 1.53. The van der Waals surface area contributed by atoms with E-state index in [0.717, 1.165) is 37.9 Å². The van der Waals surface area contributed by atoms with Gasteiger partial charge in [0, 0.05) is 24.0 Å². The highest BCUT2D eigenvalue weighted by Crippen LogP contribution is 2.90. The molecule has 0 saturated heterocycles. The Labute approximate surface area is 232 Å². The van der Waals surface area contributed by atoms with Crippen LogP contribution in [0.4, 0.5) is 0 Å². The van der Waals surface area contributed by atoms with Gasteiger partial charge in [-0.1, -0.05) is 52.4 Å². The molecule has 0 atom stereocenters. The standard InChI is InChI=1S/C32H54Cl2O2/c1-3-23-35-27-15-11-25(12-16-27)31(26-13-17-28(18-14-26)36-24-4-2)29(19-7-5-8-20-29)32(33,34)30(31)21-9-6-10-22-30/h25-28H,3-24H2,1-2H3. The van der Waals surface area contributed by atoms with Crippen LogP contribution in [0.2, 0.25) is 0 Å². The molecule has 5 aliphatic rings. The van der Waals surface area contributed by atoms with Crippen molar-refractivity contribution in [2.45, 2.75) is 159 Å². The van der Waals surface area contributed by atoms with Crippen LogP contribution in [0.1, 0.15) is 142 Å². The Balaban J connectivity index is 1.51. The van der Waals surface area contributed by atoms with Gasteiger partial charge in [0.25, 0.3) is 0 Å². The first kappa shape index (κ1) is 28.0. The SMILES string of the molecule is CCCOC1CCC(C2(C3CCC(OCCC)CC3)C3(CCCCC3)C(Cl)(Cl)C23CCCCC3)CC1. The lowest BCUT2D eigenvalue weighted by Gasteiger charge is -2.84. The largest absolute Gasteiger partial charge is 0.378 e. The number of hydrogen-bond donors (Lipinski definition) is 0. The Hall–Kier alpha value is 0.500. The zero-order valence-electron chi connectivity index (χ0n) is 23.4. The predicted molar refractivity (Wildman–Crippen MR) is 152 cm³/mol. The third-order valence-corrected chi connectivity index (χ3v) is 13.4. The molecule has 5 rings (SSSR count). The Kier molecular flexibility index (Phi) is 8.99. The monoisotopic (exact) mass is 540 g/mol. The number of rotatable bonds is 8. The first-order chi connectivity index (χ1) is 17.5. The van der Waals surface area contributed by atoms with Crippen LogP contribution in [0.15, 0.2) is 0 Å². The molecule has 0 N–H and O–H groups in total. The van der Waals surface area contributed by atoms with Gasteiger partial charge in [-0.3, -0.25) is 0 Å². The third-order valence-electron chi connectivity index (χ3n) is 12.0. The van der Waals surface area contributed by atoms with Crippen LogP contribution < -0.4 is 0 Å². The van der Waals surface area contributed by atoms with Crippen molar-refractivity contribution in [3.63, 3.8) is 0 Å². The van der Waals surface area contributed by atoms with Gasteiger partial charge in [-0.05, 0) is 107 Å². The molecule has 0 heterocycles. The van der Waals surface area contributed by atoms with Crippen molar-refractivity contribution >= 4 is 23.2 Å². The van der Waals surface area contributed by atoms with Gasteiger partial charge >= 0.3 is 0 Å². The highest BCUT2D eigenvalue weighted by molar-refractivity contribution is 6.50. The smallest absolute Gasteiger partial charge is 0.130 e. The minimum Gasteiger partial charge on any atom is -0.378 e. The van der Waals surface area contributed by atoms with E-state index in [1.807, 2.05) is 0 Å². The van der Waals surface area contributed by atoms with Crippen LogP contribution in [0.5, 0.6) is 0 Å². The van der Waals surface area contributed by atoms with Gasteiger partial charge in [-0.2, -0.15) is 0 Å². The van der Waals surface area contributed by atoms with Gasteiger partial charge in [-0.15, -0.1) is 23.2 Å². The molecule has 2 spiro atoms. The Morgan fingerprint density at radius 3 is 1.25 bits per heavy atom. The zero-order valence-corrected chi connectivity index (χ0v) is 25.0. The second-order valence-electron chi connectivity index (χ2n) is 13.4. The number of ether oxygens (including phenoxy) is 2. The average Bonchev–Trinajstić information content (AvgIpc) is 2.93. The highest BCUT2D eigenvalue weighted by atomic mass is 35.5. The summed E-state index contributed by atoms with van der Waals surface area (Å²) >= 11 is 15.6. The quantitative estimate of drug-likeness (QED) is 0.285. The molecule has 5 saturated carbocycles. The molecule has 4 heteroatoms.